The van der Waals surface area contributed by atoms with Gasteiger partial charge in [-0.2, -0.15) is 0 Å². The van der Waals surface area contributed by atoms with Gasteiger partial charge in [0.15, 0.2) is 0 Å². The van der Waals surface area contributed by atoms with Crippen LogP contribution in [0.25, 0.3) is 33.3 Å². The third kappa shape index (κ3) is 3.82. The van der Waals surface area contributed by atoms with Gasteiger partial charge in [0, 0.05) is 28.9 Å². The Balaban J connectivity index is 1.90. The average molecular weight is 433 g/mol. The molecule has 0 saturated carbocycles. The van der Waals surface area contributed by atoms with E-state index in [4.69, 9.17) is 14.2 Å². The van der Waals surface area contributed by atoms with Gasteiger partial charge < -0.3 is 14.2 Å². The number of fused-ring (bicyclic) bond motifs is 1. The van der Waals surface area contributed by atoms with Gasteiger partial charge in [-0.3, -0.25) is 9.97 Å². The van der Waals surface area contributed by atoms with Crippen molar-refractivity contribution < 1.29 is 23.4 Å². The topological polar surface area (TPSA) is 83.4 Å². The van der Waals surface area contributed by atoms with Crippen LogP contribution in [0.2, 0.25) is 0 Å². The molecule has 0 fully saturated rings. The van der Waals surface area contributed by atoms with Crippen LogP contribution in [0.1, 0.15) is 17.3 Å². The first-order valence-electron chi connectivity index (χ1n) is 9.86. The van der Waals surface area contributed by atoms with Crippen LogP contribution in [0.4, 0.5) is 4.39 Å². The molecule has 0 N–H and O–H groups in total. The number of para-hydroxylation sites is 1. The molecular formula is C24H20FN3O4. The van der Waals surface area contributed by atoms with Gasteiger partial charge in [0.2, 0.25) is 5.88 Å². The number of carbonyl (C=O) groups excluding carboxylic acids is 1. The predicted molar refractivity (Wildman–Crippen MR) is 117 cm³/mol. The molecular weight excluding hydrogens is 413 g/mol. The van der Waals surface area contributed by atoms with Crippen LogP contribution >= 0.6 is 0 Å². The summed E-state index contributed by atoms with van der Waals surface area (Å²) in [6.45, 7) is 1.98. The van der Waals surface area contributed by atoms with Crippen molar-refractivity contribution in [2.45, 2.75) is 6.92 Å². The van der Waals surface area contributed by atoms with Crippen molar-refractivity contribution >= 4 is 16.9 Å². The zero-order valence-corrected chi connectivity index (χ0v) is 17.8. The monoisotopic (exact) mass is 433 g/mol. The van der Waals surface area contributed by atoms with Gasteiger partial charge >= 0.3 is 5.97 Å². The molecule has 4 aromatic rings. The van der Waals surface area contributed by atoms with E-state index in [-0.39, 0.29) is 12.5 Å². The van der Waals surface area contributed by atoms with E-state index < -0.39 is 11.8 Å². The molecule has 3 heterocycles. The number of pyridine rings is 3. The molecule has 32 heavy (non-hydrogen) atoms. The molecule has 4 rings (SSSR count). The number of halogens is 1. The van der Waals surface area contributed by atoms with E-state index in [2.05, 4.69) is 15.0 Å². The van der Waals surface area contributed by atoms with Gasteiger partial charge in [0.25, 0.3) is 0 Å². The Hall–Kier alpha value is -4.07. The molecule has 162 valence electrons. The summed E-state index contributed by atoms with van der Waals surface area (Å²) < 4.78 is 29.7. The van der Waals surface area contributed by atoms with Crippen LogP contribution in [0.15, 0.2) is 55.0 Å². The molecule has 0 aliphatic carbocycles. The van der Waals surface area contributed by atoms with Gasteiger partial charge in [-0.1, -0.05) is 18.2 Å². The molecule has 0 unspecified atom stereocenters. The second-order valence-electron chi connectivity index (χ2n) is 6.77. The minimum Gasteiger partial charge on any atom is -0.494 e. The van der Waals surface area contributed by atoms with Crippen LogP contribution in [0, 0.1) is 5.82 Å². The van der Waals surface area contributed by atoms with Gasteiger partial charge in [0.05, 0.1) is 43.8 Å². The van der Waals surface area contributed by atoms with E-state index in [1.165, 1.54) is 19.4 Å². The summed E-state index contributed by atoms with van der Waals surface area (Å²) in [5.74, 6) is -0.138. The first-order chi connectivity index (χ1) is 15.6. The summed E-state index contributed by atoms with van der Waals surface area (Å²) in [5.41, 5.74) is 3.11. The van der Waals surface area contributed by atoms with Crippen LogP contribution in [0.5, 0.6) is 11.6 Å². The lowest BCUT2D eigenvalue weighted by Gasteiger charge is -2.14. The minimum absolute atomic E-state index is 0.234. The summed E-state index contributed by atoms with van der Waals surface area (Å²) in [4.78, 5) is 25.5. The quantitative estimate of drug-likeness (QED) is 0.408. The van der Waals surface area contributed by atoms with Crippen molar-refractivity contribution in [3.05, 3.63) is 66.4 Å². The standard InChI is InChI=1S/C24H20FN3O4/c1-4-32-24(29)18-13-27-22-16(6-5-7-20(22)30-2)21(18)14-8-9-19(26-11-14)17-10-15(25)12-28-23(17)31-3/h5-13H,4H2,1-3H3. The Morgan fingerprint density at radius 1 is 1.00 bits per heavy atom. The largest absolute Gasteiger partial charge is 0.494 e. The number of hydrogen-bond acceptors (Lipinski definition) is 7. The number of hydrogen-bond donors (Lipinski definition) is 0. The molecule has 0 radical (unpaired) electrons. The van der Waals surface area contributed by atoms with Crippen LogP contribution in [-0.4, -0.2) is 41.7 Å². The highest BCUT2D eigenvalue weighted by atomic mass is 19.1. The lowest BCUT2D eigenvalue weighted by Crippen LogP contribution is -2.08. The highest BCUT2D eigenvalue weighted by Crippen LogP contribution is 2.36. The number of nitrogens with zero attached hydrogens (tertiary/aromatic N) is 3. The first-order valence-corrected chi connectivity index (χ1v) is 9.86. The maximum atomic E-state index is 13.8. The van der Waals surface area contributed by atoms with E-state index in [0.717, 1.165) is 11.6 Å². The molecule has 8 heteroatoms. The Morgan fingerprint density at radius 3 is 2.53 bits per heavy atom. The van der Waals surface area contributed by atoms with E-state index in [9.17, 15) is 9.18 Å². The summed E-state index contributed by atoms with van der Waals surface area (Å²) in [7, 11) is 3.02. The zero-order valence-electron chi connectivity index (χ0n) is 17.8. The van der Waals surface area contributed by atoms with E-state index >= 15 is 0 Å². The van der Waals surface area contributed by atoms with Crippen LogP contribution in [-0.2, 0) is 4.74 Å². The highest BCUT2D eigenvalue weighted by molar-refractivity contribution is 6.07. The molecule has 0 amide bonds. The summed E-state index contributed by atoms with van der Waals surface area (Å²) >= 11 is 0. The van der Waals surface area contributed by atoms with Gasteiger partial charge in [0.1, 0.15) is 17.1 Å². The average Bonchev–Trinajstić information content (AvgIpc) is 2.83. The van der Waals surface area contributed by atoms with Crippen molar-refractivity contribution in [3.63, 3.8) is 0 Å². The summed E-state index contributed by atoms with van der Waals surface area (Å²) in [6.07, 6.45) is 4.17. The molecule has 0 aliphatic rings. The fourth-order valence-electron chi connectivity index (χ4n) is 3.51. The molecule has 0 aliphatic heterocycles. The van der Waals surface area contributed by atoms with Gasteiger partial charge in [-0.15, -0.1) is 0 Å². The lowest BCUT2D eigenvalue weighted by molar-refractivity contribution is 0.0527. The van der Waals surface area contributed by atoms with Crippen molar-refractivity contribution in [2.75, 3.05) is 20.8 Å². The Bertz CT molecular complexity index is 1290. The number of ether oxygens (including phenoxy) is 3. The highest BCUT2D eigenvalue weighted by Gasteiger charge is 2.20. The van der Waals surface area contributed by atoms with Crippen molar-refractivity contribution in [3.8, 4) is 34.0 Å². The van der Waals surface area contributed by atoms with E-state index in [1.54, 1.807) is 38.4 Å². The number of carbonyl (C=O) groups is 1. The fraction of sp³-hybridized carbons (Fsp3) is 0.167. The lowest BCUT2D eigenvalue weighted by atomic mass is 9.96. The van der Waals surface area contributed by atoms with Crippen LogP contribution in [0.3, 0.4) is 0 Å². The summed E-state index contributed by atoms with van der Waals surface area (Å²) in [5, 5.41) is 0.717. The first kappa shape index (κ1) is 21.2. The van der Waals surface area contributed by atoms with E-state index in [1.807, 2.05) is 12.1 Å². The second-order valence-corrected chi connectivity index (χ2v) is 6.77. The Morgan fingerprint density at radius 2 is 1.84 bits per heavy atom. The second kappa shape index (κ2) is 8.97. The van der Waals surface area contributed by atoms with Crippen molar-refractivity contribution in [1.82, 2.24) is 15.0 Å². The number of aromatic nitrogens is 3. The van der Waals surface area contributed by atoms with Crippen molar-refractivity contribution in [1.29, 1.82) is 0 Å². The predicted octanol–water partition coefficient (Wildman–Crippen LogP) is 4.69. The van der Waals surface area contributed by atoms with E-state index in [0.29, 0.717) is 39.2 Å². The summed E-state index contributed by atoms with van der Waals surface area (Å²) in [6, 6.07) is 10.3. The third-order valence-corrected chi connectivity index (χ3v) is 4.91. The molecule has 0 saturated heterocycles. The smallest absolute Gasteiger partial charge is 0.340 e. The maximum absolute atomic E-state index is 13.8. The zero-order chi connectivity index (χ0) is 22.7. The molecule has 0 bridgehead atoms. The Labute approximate surface area is 183 Å². The number of esters is 1. The van der Waals surface area contributed by atoms with Crippen molar-refractivity contribution in [2.24, 2.45) is 0 Å². The van der Waals surface area contributed by atoms with Gasteiger partial charge in [-0.05, 0) is 25.1 Å². The number of benzene rings is 1. The normalized spacial score (nSPS) is 10.8. The fourth-order valence-corrected chi connectivity index (χ4v) is 3.51. The maximum Gasteiger partial charge on any atom is 0.340 e. The number of rotatable bonds is 6. The van der Waals surface area contributed by atoms with Crippen LogP contribution < -0.4 is 9.47 Å². The molecule has 7 nitrogen and oxygen atoms in total. The SMILES string of the molecule is CCOC(=O)c1cnc2c(OC)cccc2c1-c1ccc(-c2cc(F)cnc2OC)nc1. The molecule has 3 aromatic heterocycles. The minimum atomic E-state index is -0.497. The molecule has 0 spiro atoms. The Kier molecular flexibility index (Phi) is 5.93. The molecule has 1 aromatic carbocycles. The molecule has 0 atom stereocenters. The van der Waals surface area contributed by atoms with Gasteiger partial charge in [-0.25, -0.2) is 14.2 Å². The third-order valence-electron chi connectivity index (χ3n) is 4.91. The number of methoxy groups -OCH3 is 2.